The number of carboxylic acid groups (broad SMARTS) is 1. The Morgan fingerprint density at radius 3 is 2.42 bits per heavy atom. The summed E-state index contributed by atoms with van der Waals surface area (Å²) in [6.45, 7) is 3.02. The van der Waals surface area contributed by atoms with Crippen molar-refractivity contribution in [2.24, 2.45) is 11.7 Å². The van der Waals surface area contributed by atoms with Crippen LogP contribution in [0.1, 0.15) is 36.3 Å². The second kappa shape index (κ2) is 11.0. The number of hydrogen-bond acceptors (Lipinski definition) is 6. The smallest absolute Gasteiger partial charge is 0.326 e. The molecule has 10 nitrogen and oxygen atoms in total. The number of carboxylic acids is 1. The number of benzene rings is 1. The third kappa shape index (κ3) is 6.75. The maximum Gasteiger partial charge on any atom is 0.326 e. The first-order chi connectivity index (χ1) is 14.7. The number of nitrogens with zero attached hydrogens (tertiary/aromatic N) is 2. The van der Waals surface area contributed by atoms with Crippen LogP contribution in [0.2, 0.25) is 0 Å². The number of amides is 3. The second-order valence-electron chi connectivity index (χ2n) is 7.52. The predicted octanol–water partition coefficient (Wildman–Crippen LogP) is 0.564. The molecular formula is C21H27N5O5. The van der Waals surface area contributed by atoms with Crippen LogP contribution in [0.25, 0.3) is 0 Å². The minimum Gasteiger partial charge on any atom is -0.480 e. The van der Waals surface area contributed by atoms with Gasteiger partial charge < -0.3 is 21.1 Å². The van der Waals surface area contributed by atoms with Crippen molar-refractivity contribution in [2.75, 3.05) is 6.54 Å². The molecule has 5 N–H and O–H groups in total. The van der Waals surface area contributed by atoms with E-state index >= 15 is 0 Å². The molecule has 0 fully saturated rings. The number of hydrogen-bond donors (Lipinski definition) is 4. The Labute approximate surface area is 179 Å². The highest BCUT2D eigenvalue weighted by Gasteiger charge is 2.37. The first-order valence-corrected chi connectivity index (χ1v) is 9.85. The number of H-pyrrole nitrogens is 1. The summed E-state index contributed by atoms with van der Waals surface area (Å²) in [6, 6.07) is 5.66. The summed E-state index contributed by atoms with van der Waals surface area (Å²) in [7, 11) is 0. The van der Waals surface area contributed by atoms with Crippen LogP contribution in [0.15, 0.2) is 42.9 Å². The Balaban J connectivity index is 2.20. The zero-order valence-corrected chi connectivity index (χ0v) is 17.4. The van der Waals surface area contributed by atoms with Gasteiger partial charge in [0.05, 0.1) is 18.9 Å². The molecule has 3 amide bonds. The van der Waals surface area contributed by atoms with E-state index in [1.807, 2.05) is 0 Å². The minimum absolute atomic E-state index is 0.0486. The number of aliphatic carboxylic acids is 1. The van der Waals surface area contributed by atoms with Gasteiger partial charge in [0.1, 0.15) is 6.04 Å². The standard InChI is InChI=1S/C21H27N5O5/c1-13(2)8-17(21(30)31)26(20(29)16(22)9-15-10-23-12-25-15)18(27)11-24-19(28)14-6-4-3-5-7-14/h3-7,10,12-13,16-17H,8-9,11,22H2,1-2H3,(H,23,25)(H,24,28)(H,30,31)/t16-,17-/m0/s1. The summed E-state index contributed by atoms with van der Waals surface area (Å²) in [4.78, 5) is 57.4. The number of nitrogens with one attached hydrogen (secondary N) is 2. The SMILES string of the molecule is CC(C)C[C@@H](C(=O)O)N(C(=O)CNC(=O)c1ccccc1)C(=O)[C@@H](N)Cc1cnc[nH]1. The Morgan fingerprint density at radius 2 is 1.87 bits per heavy atom. The molecular weight excluding hydrogens is 402 g/mol. The van der Waals surface area contributed by atoms with E-state index in [2.05, 4.69) is 15.3 Å². The number of aromatic nitrogens is 2. The summed E-state index contributed by atoms with van der Waals surface area (Å²) in [5.41, 5.74) is 6.90. The van der Waals surface area contributed by atoms with Crippen LogP contribution < -0.4 is 11.1 Å². The molecule has 1 aromatic carbocycles. The Bertz CT molecular complexity index is 898. The lowest BCUT2D eigenvalue weighted by Crippen LogP contribution is -2.57. The molecule has 0 radical (unpaired) electrons. The van der Waals surface area contributed by atoms with Gasteiger partial charge in [-0.15, -0.1) is 0 Å². The number of carbonyl (C=O) groups excluding carboxylic acids is 3. The molecule has 31 heavy (non-hydrogen) atoms. The first-order valence-electron chi connectivity index (χ1n) is 9.85. The van der Waals surface area contributed by atoms with Crippen LogP contribution in [0.4, 0.5) is 0 Å². The minimum atomic E-state index is -1.40. The molecule has 0 aliphatic carbocycles. The second-order valence-corrected chi connectivity index (χ2v) is 7.52. The quantitative estimate of drug-likeness (QED) is 0.429. The maximum absolute atomic E-state index is 13.0. The highest BCUT2D eigenvalue weighted by atomic mass is 16.4. The molecule has 2 aromatic rings. The molecule has 0 unspecified atom stereocenters. The molecule has 0 bridgehead atoms. The van der Waals surface area contributed by atoms with E-state index < -0.39 is 42.3 Å². The molecule has 0 spiro atoms. The number of imidazole rings is 1. The zero-order valence-electron chi connectivity index (χ0n) is 17.4. The van der Waals surface area contributed by atoms with Gasteiger partial charge in [-0.1, -0.05) is 32.0 Å². The average molecular weight is 429 g/mol. The molecule has 0 saturated carbocycles. The number of imide groups is 1. The predicted molar refractivity (Wildman–Crippen MR) is 112 cm³/mol. The van der Waals surface area contributed by atoms with Gasteiger partial charge >= 0.3 is 5.97 Å². The fourth-order valence-corrected chi connectivity index (χ4v) is 3.05. The Kier molecular flexibility index (Phi) is 8.44. The van der Waals surface area contributed by atoms with Crippen LogP contribution in [-0.4, -0.2) is 62.3 Å². The van der Waals surface area contributed by atoms with E-state index in [1.165, 1.54) is 12.5 Å². The van der Waals surface area contributed by atoms with E-state index in [9.17, 15) is 24.3 Å². The van der Waals surface area contributed by atoms with Crippen molar-refractivity contribution in [3.63, 3.8) is 0 Å². The lowest BCUT2D eigenvalue weighted by atomic mass is 10.0. The van der Waals surface area contributed by atoms with Gasteiger partial charge in [-0.3, -0.25) is 19.3 Å². The van der Waals surface area contributed by atoms with Gasteiger partial charge in [0.25, 0.3) is 5.91 Å². The highest BCUT2D eigenvalue weighted by Crippen LogP contribution is 2.15. The Hall–Kier alpha value is -3.53. The largest absolute Gasteiger partial charge is 0.480 e. The normalized spacial score (nSPS) is 12.8. The fraction of sp³-hybridized carbons (Fsp3) is 0.381. The van der Waals surface area contributed by atoms with Gasteiger partial charge in [0, 0.05) is 23.9 Å². The molecule has 0 aliphatic rings. The molecule has 2 rings (SSSR count). The maximum atomic E-state index is 13.0. The lowest BCUT2D eigenvalue weighted by molar-refractivity contribution is -0.159. The number of carbonyl (C=O) groups is 4. The summed E-state index contributed by atoms with van der Waals surface area (Å²) in [5.74, 6) is -3.62. The van der Waals surface area contributed by atoms with Crippen molar-refractivity contribution >= 4 is 23.7 Å². The third-order valence-electron chi connectivity index (χ3n) is 4.55. The van der Waals surface area contributed by atoms with Gasteiger partial charge in [-0.25, -0.2) is 9.78 Å². The van der Waals surface area contributed by atoms with E-state index in [0.29, 0.717) is 16.2 Å². The zero-order chi connectivity index (χ0) is 23.0. The van der Waals surface area contributed by atoms with Crippen LogP contribution in [0, 0.1) is 5.92 Å². The fourth-order valence-electron chi connectivity index (χ4n) is 3.05. The summed E-state index contributed by atoms with van der Waals surface area (Å²) in [6.07, 6.45) is 3.01. The molecule has 10 heteroatoms. The summed E-state index contributed by atoms with van der Waals surface area (Å²) < 4.78 is 0. The van der Waals surface area contributed by atoms with Gasteiger partial charge in [-0.05, 0) is 24.5 Å². The van der Waals surface area contributed by atoms with Crippen LogP contribution in [0.3, 0.4) is 0 Å². The van der Waals surface area contributed by atoms with Crippen molar-refractivity contribution in [2.45, 2.75) is 38.8 Å². The van der Waals surface area contributed by atoms with Crippen molar-refractivity contribution in [3.05, 3.63) is 54.1 Å². The van der Waals surface area contributed by atoms with E-state index in [-0.39, 0.29) is 18.8 Å². The van der Waals surface area contributed by atoms with Crippen molar-refractivity contribution in [1.29, 1.82) is 0 Å². The molecule has 1 heterocycles. The van der Waals surface area contributed by atoms with Crippen LogP contribution in [0.5, 0.6) is 0 Å². The van der Waals surface area contributed by atoms with Crippen molar-refractivity contribution in [1.82, 2.24) is 20.2 Å². The molecule has 0 aliphatic heterocycles. The van der Waals surface area contributed by atoms with Crippen LogP contribution in [-0.2, 0) is 20.8 Å². The van der Waals surface area contributed by atoms with Crippen molar-refractivity contribution < 1.29 is 24.3 Å². The molecule has 1 aromatic heterocycles. The number of aromatic amines is 1. The highest BCUT2D eigenvalue weighted by molar-refractivity contribution is 6.04. The number of nitrogens with two attached hydrogens (primary N) is 1. The first kappa shape index (κ1) is 23.7. The van der Waals surface area contributed by atoms with Gasteiger partial charge in [0.15, 0.2) is 0 Å². The lowest BCUT2D eigenvalue weighted by Gasteiger charge is -2.30. The van der Waals surface area contributed by atoms with E-state index in [0.717, 1.165) is 0 Å². The summed E-state index contributed by atoms with van der Waals surface area (Å²) in [5, 5.41) is 12.1. The molecule has 166 valence electrons. The summed E-state index contributed by atoms with van der Waals surface area (Å²) >= 11 is 0. The Morgan fingerprint density at radius 1 is 1.19 bits per heavy atom. The van der Waals surface area contributed by atoms with Gasteiger partial charge in [-0.2, -0.15) is 0 Å². The van der Waals surface area contributed by atoms with E-state index in [1.54, 1.807) is 44.2 Å². The van der Waals surface area contributed by atoms with Crippen LogP contribution >= 0.6 is 0 Å². The topological polar surface area (TPSA) is 158 Å². The molecule has 0 saturated heterocycles. The average Bonchev–Trinajstić information content (AvgIpc) is 3.24. The van der Waals surface area contributed by atoms with Gasteiger partial charge in [0.2, 0.25) is 11.8 Å². The molecule has 2 atom stereocenters. The number of rotatable bonds is 10. The third-order valence-corrected chi connectivity index (χ3v) is 4.55. The monoisotopic (exact) mass is 429 g/mol. The van der Waals surface area contributed by atoms with E-state index in [4.69, 9.17) is 5.73 Å². The van der Waals surface area contributed by atoms with Crippen molar-refractivity contribution in [3.8, 4) is 0 Å².